The normalized spacial score (nSPS) is 25.7. The molecule has 2 nitrogen and oxygen atoms in total. The zero-order valence-electron chi connectivity index (χ0n) is 5.67. The Morgan fingerprint density at radius 3 is 3.22 bits per heavy atom. The summed E-state index contributed by atoms with van der Waals surface area (Å²) in [5.41, 5.74) is 0. The molecule has 0 saturated heterocycles. The summed E-state index contributed by atoms with van der Waals surface area (Å²) in [7, 11) is 0. The highest BCUT2D eigenvalue weighted by atomic mass is 16.7. The zero-order chi connectivity index (χ0) is 6.53. The lowest BCUT2D eigenvalue weighted by Crippen LogP contribution is -2.16. The van der Waals surface area contributed by atoms with E-state index in [0.717, 1.165) is 19.4 Å². The zero-order valence-corrected chi connectivity index (χ0v) is 5.67. The van der Waals surface area contributed by atoms with Gasteiger partial charge in [0.1, 0.15) is 0 Å². The molecule has 0 bridgehead atoms. The highest BCUT2D eigenvalue weighted by molar-refractivity contribution is 4.78. The van der Waals surface area contributed by atoms with Crippen LogP contribution in [0.25, 0.3) is 0 Å². The van der Waals surface area contributed by atoms with Crippen molar-refractivity contribution >= 4 is 0 Å². The van der Waals surface area contributed by atoms with Gasteiger partial charge in [-0.2, -0.15) is 0 Å². The van der Waals surface area contributed by atoms with E-state index in [9.17, 15) is 0 Å². The molecule has 2 heteroatoms. The van der Waals surface area contributed by atoms with Crippen LogP contribution in [0.4, 0.5) is 0 Å². The molecule has 52 valence electrons. The van der Waals surface area contributed by atoms with Crippen molar-refractivity contribution in [2.45, 2.75) is 26.1 Å². The van der Waals surface area contributed by atoms with Crippen molar-refractivity contribution in [1.82, 2.24) is 0 Å². The Kier molecular flexibility index (Phi) is 2.58. The van der Waals surface area contributed by atoms with E-state index in [1.807, 2.05) is 13.0 Å². The molecule has 0 aromatic heterocycles. The van der Waals surface area contributed by atoms with Crippen LogP contribution in [0.2, 0.25) is 0 Å². The van der Waals surface area contributed by atoms with Crippen LogP contribution >= 0.6 is 0 Å². The maximum absolute atomic E-state index is 5.21. The SMILES string of the molecule is CCO[C@H]1CCC=CO1. The lowest BCUT2D eigenvalue weighted by molar-refractivity contribution is -0.111. The van der Waals surface area contributed by atoms with Crippen molar-refractivity contribution in [2.24, 2.45) is 0 Å². The quantitative estimate of drug-likeness (QED) is 0.563. The number of allylic oxidation sites excluding steroid dienone is 1. The molecule has 9 heavy (non-hydrogen) atoms. The van der Waals surface area contributed by atoms with Gasteiger partial charge in [0.15, 0.2) is 6.29 Å². The molecule has 1 aliphatic heterocycles. The minimum atomic E-state index is 0.0139. The van der Waals surface area contributed by atoms with E-state index in [-0.39, 0.29) is 6.29 Å². The fraction of sp³-hybridized carbons (Fsp3) is 0.714. The van der Waals surface area contributed by atoms with Gasteiger partial charge in [-0.3, -0.25) is 0 Å². The molecule has 1 rings (SSSR count). The van der Waals surface area contributed by atoms with Crippen LogP contribution in [0.3, 0.4) is 0 Å². The lowest BCUT2D eigenvalue weighted by Gasteiger charge is -2.18. The van der Waals surface area contributed by atoms with Gasteiger partial charge in [-0.05, 0) is 19.4 Å². The average Bonchev–Trinajstić information content (AvgIpc) is 1.91. The van der Waals surface area contributed by atoms with Crippen molar-refractivity contribution in [2.75, 3.05) is 6.61 Å². The molecule has 0 unspecified atom stereocenters. The first-order valence-corrected chi connectivity index (χ1v) is 3.35. The summed E-state index contributed by atoms with van der Waals surface area (Å²) >= 11 is 0. The molecule has 0 amide bonds. The minimum Gasteiger partial charge on any atom is -0.473 e. The third kappa shape index (κ3) is 2.06. The molecule has 1 heterocycles. The predicted molar refractivity (Wildman–Crippen MR) is 34.9 cm³/mol. The second-order valence-corrected chi connectivity index (χ2v) is 1.97. The van der Waals surface area contributed by atoms with E-state index in [1.54, 1.807) is 6.26 Å². The summed E-state index contributed by atoms with van der Waals surface area (Å²) in [6.45, 7) is 2.71. The summed E-state index contributed by atoms with van der Waals surface area (Å²) in [6.07, 6.45) is 5.80. The molecular weight excluding hydrogens is 116 g/mol. The maximum Gasteiger partial charge on any atom is 0.199 e. The van der Waals surface area contributed by atoms with Crippen molar-refractivity contribution in [3.05, 3.63) is 12.3 Å². The molecule has 0 aliphatic carbocycles. The largest absolute Gasteiger partial charge is 0.473 e. The van der Waals surface area contributed by atoms with Gasteiger partial charge in [0.25, 0.3) is 0 Å². The third-order valence-electron chi connectivity index (χ3n) is 1.25. The van der Waals surface area contributed by atoms with Crippen LogP contribution in [0.1, 0.15) is 19.8 Å². The Hall–Kier alpha value is -0.500. The molecule has 1 aliphatic rings. The summed E-state index contributed by atoms with van der Waals surface area (Å²) in [4.78, 5) is 0. The average molecular weight is 128 g/mol. The summed E-state index contributed by atoms with van der Waals surface area (Å²) in [6, 6.07) is 0. The van der Waals surface area contributed by atoms with E-state index >= 15 is 0 Å². The first kappa shape index (κ1) is 6.62. The molecule has 0 spiro atoms. The van der Waals surface area contributed by atoms with E-state index in [2.05, 4.69) is 0 Å². The smallest absolute Gasteiger partial charge is 0.199 e. The second-order valence-electron chi connectivity index (χ2n) is 1.97. The fourth-order valence-electron chi connectivity index (χ4n) is 0.820. The van der Waals surface area contributed by atoms with Gasteiger partial charge in [-0.15, -0.1) is 0 Å². The van der Waals surface area contributed by atoms with Gasteiger partial charge in [0.2, 0.25) is 0 Å². The third-order valence-corrected chi connectivity index (χ3v) is 1.25. The Morgan fingerprint density at radius 1 is 1.78 bits per heavy atom. The molecule has 0 saturated carbocycles. The van der Waals surface area contributed by atoms with Crippen molar-refractivity contribution < 1.29 is 9.47 Å². The van der Waals surface area contributed by atoms with Crippen molar-refractivity contribution in [3.8, 4) is 0 Å². The van der Waals surface area contributed by atoms with Crippen LogP contribution in [0.5, 0.6) is 0 Å². The summed E-state index contributed by atoms with van der Waals surface area (Å²) in [5, 5.41) is 0. The lowest BCUT2D eigenvalue weighted by atomic mass is 10.3. The molecule has 0 aromatic carbocycles. The first-order chi connectivity index (χ1) is 4.43. The Balaban J connectivity index is 2.18. The van der Waals surface area contributed by atoms with Gasteiger partial charge in [-0.1, -0.05) is 0 Å². The van der Waals surface area contributed by atoms with E-state index in [4.69, 9.17) is 9.47 Å². The second kappa shape index (κ2) is 3.51. The van der Waals surface area contributed by atoms with E-state index < -0.39 is 0 Å². The Morgan fingerprint density at radius 2 is 2.67 bits per heavy atom. The standard InChI is InChI=1S/C7H12O2/c1-2-8-7-5-3-4-6-9-7/h4,6-7H,2-3,5H2,1H3/t7-/m1/s1. The van der Waals surface area contributed by atoms with E-state index in [0.29, 0.717) is 0 Å². The summed E-state index contributed by atoms with van der Waals surface area (Å²) in [5.74, 6) is 0. The maximum atomic E-state index is 5.21. The fourth-order valence-corrected chi connectivity index (χ4v) is 0.820. The molecular formula is C7H12O2. The van der Waals surface area contributed by atoms with Crippen LogP contribution in [-0.2, 0) is 9.47 Å². The first-order valence-electron chi connectivity index (χ1n) is 3.35. The molecule has 0 aromatic rings. The van der Waals surface area contributed by atoms with E-state index in [1.165, 1.54) is 0 Å². The molecule has 0 N–H and O–H groups in total. The van der Waals surface area contributed by atoms with Crippen molar-refractivity contribution in [1.29, 1.82) is 0 Å². The van der Waals surface area contributed by atoms with Gasteiger partial charge in [0.05, 0.1) is 6.26 Å². The Labute approximate surface area is 55.5 Å². The van der Waals surface area contributed by atoms with Crippen LogP contribution in [0.15, 0.2) is 12.3 Å². The van der Waals surface area contributed by atoms with Crippen LogP contribution in [-0.4, -0.2) is 12.9 Å². The van der Waals surface area contributed by atoms with Gasteiger partial charge in [0, 0.05) is 13.0 Å². The van der Waals surface area contributed by atoms with Gasteiger partial charge in [-0.25, -0.2) is 0 Å². The predicted octanol–water partition coefficient (Wildman–Crippen LogP) is 1.67. The van der Waals surface area contributed by atoms with Gasteiger partial charge < -0.3 is 9.47 Å². The number of hydrogen-bond donors (Lipinski definition) is 0. The number of rotatable bonds is 2. The Bertz CT molecular complexity index is 99.1. The molecule has 0 radical (unpaired) electrons. The number of hydrogen-bond acceptors (Lipinski definition) is 2. The van der Waals surface area contributed by atoms with Crippen LogP contribution < -0.4 is 0 Å². The monoisotopic (exact) mass is 128 g/mol. The topological polar surface area (TPSA) is 18.5 Å². The minimum absolute atomic E-state index is 0.0139. The highest BCUT2D eigenvalue weighted by Crippen LogP contribution is 2.10. The van der Waals surface area contributed by atoms with Crippen LogP contribution in [0, 0.1) is 0 Å². The van der Waals surface area contributed by atoms with Crippen molar-refractivity contribution in [3.63, 3.8) is 0 Å². The molecule has 1 atom stereocenters. The van der Waals surface area contributed by atoms with Gasteiger partial charge >= 0.3 is 0 Å². The molecule has 0 fully saturated rings. The summed E-state index contributed by atoms with van der Waals surface area (Å²) < 4.78 is 10.3. The highest BCUT2D eigenvalue weighted by Gasteiger charge is 2.08. The number of ether oxygens (including phenoxy) is 2.